The summed E-state index contributed by atoms with van der Waals surface area (Å²) in [5.74, 6) is 0. The summed E-state index contributed by atoms with van der Waals surface area (Å²) >= 11 is 0. The van der Waals surface area contributed by atoms with E-state index in [0.717, 1.165) is 25.2 Å². The van der Waals surface area contributed by atoms with Gasteiger partial charge in [0.2, 0.25) is 0 Å². The van der Waals surface area contributed by atoms with Crippen molar-refractivity contribution in [2.45, 2.75) is 44.6 Å². The normalized spacial score (nSPS) is 17.2. The molecule has 0 atom stereocenters. The van der Waals surface area contributed by atoms with Crippen molar-refractivity contribution in [2.24, 2.45) is 0 Å². The number of aliphatic hydroxyl groups excluding tert-OH is 1. The van der Waals surface area contributed by atoms with Crippen LogP contribution in [0.25, 0.3) is 0 Å². The molecular weight excluding hydrogens is 224 g/mol. The van der Waals surface area contributed by atoms with Gasteiger partial charge in [-0.25, -0.2) is 0 Å². The van der Waals surface area contributed by atoms with E-state index in [1.807, 2.05) is 18.3 Å². The molecule has 1 aliphatic carbocycles. The minimum Gasteiger partial charge on any atom is -0.395 e. The molecule has 0 saturated heterocycles. The Morgan fingerprint density at radius 1 is 1.17 bits per heavy atom. The summed E-state index contributed by atoms with van der Waals surface area (Å²) in [6, 6.07) is 6.75. The molecule has 0 radical (unpaired) electrons. The van der Waals surface area contributed by atoms with Gasteiger partial charge >= 0.3 is 0 Å². The van der Waals surface area contributed by atoms with Crippen LogP contribution in [0.1, 0.15) is 37.8 Å². The number of aliphatic hydroxyl groups is 1. The van der Waals surface area contributed by atoms with E-state index in [1.54, 1.807) is 0 Å². The lowest BCUT2D eigenvalue weighted by Gasteiger charge is -2.33. The van der Waals surface area contributed by atoms with Gasteiger partial charge in [0.15, 0.2) is 0 Å². The molecule has 0 aromatic carbocycles. The Hall–Kier alpha value is -0.930. The van der Waals surface area contributed by atoms with E-state index in [0.29, 0.717) is 6.04 Å². The fraction of sp³-hybridized carbons (Fsp3) is 0.667. The lowest BCUT2D eigenvalue weighted by molar-refractivity contribution is 0.125. The van der Waals surface area contributed by atoms with Crippen LogP contribution in [0.3, 0.4) is 0 Å². The highest BCUT2D eigenvalue weighted by Crippen LogP contribution is 2.22. The van der Waals surface area contributed by atoms with Gasteiger partial charge in [0.25, 0.3) is 0 Å². The topological polar surface area (TPSA) is 36.4 Å². The van der Waals surface area contributed by atoms with Gasteiger partial charge < -0.3 is 5.11 Å². The Morgan fingerprint density at radius 3 is 2.67 bits per heavy atom. The molecule has 0 bridgehead atoms. The first-order valence-electron chi connectivity index (χ1n) is 7.15. The number of hydrogen-bond acceptors (Lipinski definition) is 3. The third kappa shape index (κ3) is 4.07. The van der Waals surface area contributed by atoms with Crippen molar-refractivity contribution in [3.63, 3.8) is 0 Å². The zero-order valence-electron chi connectivity index (χ0n) is 11.1. The second-order valence-electron chi connectivity index (χ2n) is 5.12. The Labute approximate surface area is 110 Å². The second-order valence-corrected chi connectivity index (χ2v) is 5.12. The Balaban J connectivity index is 1.85. The van der Waals surface area contributed by atoms with Gasteiger partial charge in [-0.1, -0.05) is 25.3 Å². The molecule has 1 saturated carbocycles. The largest absolute Gasteiger partial charge is 0.395 e. The van der Waals surface area contributed by atoms with Crippen LogP contribution < -0.4 is 0 Å². The summed E-state index contributed by atoms with van der Waals surface area (Å²) in [4.78, 5) is 6.82. The maximum absolute atomic E-state index is 9.21. The average molecular weight is 248 g/mol. The fourth-order valence-electron chi connectivity index (χ4n) is 2.86. The Bertz CT molecular complexity index is 323. The molecule has 0 unspecified atom stereocenters. The molecule has 1 aromatic rings. The molecule has 3 heteroatoms. The Morgan fingerprint density at radius 2 is 2.00 bits per heavy atom. The summed E-state index contributed by atoms with van der Waals surface area (Å²) < 4.78 is 0. The predicted octanol–water partition coefficient (Wildman–Crippen LogP) is 2.25. The number of pyridine rings is 1. The van der Waals surface area contributed by atoms with Gasteiger partial charge in [-0.3, -0.25) is 9.88 Å². The zero-order valence-corrected chi connectivity index (χ0v) is 11.1. The monoisotopic (exact) mass is 248 g/mol. The van der Waals surface area contributed by atoms with Crippen LogP contribution in [0.5, 0.6) is 0 Å². The highest BCUT2D eigenvalue weighted by molar-refractivity contribution is 5.03. The molecule has 0 aliphatic heterocycles. The maximum atomic E-state index is 9.21. The highest BCUT2D eigenvalue weighted by Gasteiger charge is 2.20. The van der Waals surface area contributed by atoms with Gasteiger partial charge in [0.1, 0.15) is 0 Å². The minimum atomic E-state index is 0.263. The number of nitrogens with zero attached hydrogens (tertiary/aromatic N) is 2. The summed E-state index contributed by atoms with van der Waals surface area (Å²) in [5, 5.41) is 9.21. The van der Waals surface area contributed by atoms with E-state index in [2.05, 4.69) is 16.0 Å². The minimum absolute atomic E-state index is 0.263. The zero-order chi connectivity index (χ0) is 12.6. The smallest absolute Gasteiger partial charge is 0.0558 e. The lowest BCUT2D eigenvalue weighted by Crippen LogP contribution is -2.40. The molecule has 3 nitrogen and oxygen atoms in total. The third-order valence-electron chi connectivity index (χ3n) is 3.86. The van der Waals surface area contributed by atoms with Crippen LogP contribution in [0.4, 0.5) is 0 Å². The highest BCUT2D eigenvalue weighted by atomic mass is 16.3. The molecular formula is C15H24N2O. The van der Waals surface area contributed by atoms with Crippen molar-refractivity contribution in [2.75, 3.05) is 19.7 Å². The molecule has 0 amide bonds. The molecule has 0 spiro atoms. The molecule has 2 rings (SSSR count). The van der Waals surface area contributed by atoms with Crippen molar-refractivity contribution in [1.82, 2.24) is 9.88 Å². The summed E-state index contributed by atoms with van der Waals surface area (Å²) in [5.41, 5.74) is 1.15. The maximum Gasteiger partial charge on any atom is 0.0558 e. The van der Waals surface area contributed by atoms with Gasteiger partial charge in [0, 0.05) is 37.4 Å². The number of hydrogen-bond donors (Lipinski definition) is 1. The van der Waals surface area contributed by atoms with Crippen LogP contribution in [0.15, 0.2) is 24.4 Å². The van der Waals surface area contributed by atoms with Gasteiger partial charge in [0.05, 0.1) is 6.61 Å². The molecule has 1 aromatic heterocycles. The number of rotatable bonds is 6. The molecule has 100 valence electrons. The molecule has 1 fully saturated rings. The first kappa shape index (κ1) is 13.5. The molecule has 1 N–H and O–H groups in total. The fourth-order valence-corrected chi connectivity index (χ4v) is 2.86. The van der Waals surface area contributed by atoms with Crippen molar-refractivity contribution < 1.29 is 5.11 Å². The van der Waals surface area contributed by atoms with E-state index in [-0.39, 0.29) is 6.61 Å². The van der Waals surface area contributed by atoms with E-state index >= 15 is 0 Å². The molecule has 1 aliphatic rings. The molecule has 1 heterocycles. The van der Waals surface area contributed by atoms with Gasteiger partial charge in [-0.05, 0) is 25.0 Å². The van der Waals surface area contributed by atoms with E-state index in [4.69, 9.17) is 0 Å². The van der Waals surface area contributed by atoms with Crippen LogP contribution in [-0.4, -0.2) is 40.7 Å². The Kier molecular flexibility index (Phi) is 5.62. The van der Waals surface area contributed by atoms with Crippen LogP contribution in [0.2, 0.25) is 0 Å². The first-order chi connectivity index (χ1) is 8.90. The number of aromatic nitrogens is 1. The standard InChI is InChI=1S/C15H24N2O/c18-13-12-17(15-7-2-1-3-8-15)11-9-14-6-4-5-10-16-14/h4-6,10,15,18H,1-3,7-9,11-13H2. The van der Waals surface area contributed by atoms with Gasteiger partial charge in [-0.15, -0.1) is 0 Å². The quantitative estimate of drug-likeness (QED) is 0.839. The van der Waals surface area contributed by atoms with Crippen molar-refractivity contribution in [1.29, 1.82) is 0 Å². The summed E-state index contributed by atoms with van der Waals surface area (Å²) in [6.45, 7) is 2.08. The molecule has 18 heavy (non-hydrogen) atoms. The van der Waals surface area contributed by atoms with Crippen molar-refractivity contribution in [3.8, 4) is 0 Å². The van der Waals surface area contributed by atoms with Crippen molar-refractivity contribution in [3.05, 3.63) is 30.1 Å². The van der Waals surface area contributed by atoms with Crippen LogP contribution >= 0.6 is 0 Å². The van der Waals surface area contributed by atoms with Crippen molar-refractivity contribution >= 4 is 0 Å². The van der Waals surface area contributed by atoms with Gasteiger partial charge in [-0.2, -0.15) is 0 Å². The summed E-state index contributed by atoms with van der Waals surface area (Å²) in [7, 11) is 0. The second kappa shape index (κ2) is 7.49. The SMILES string of the molecule is OCCN(CCc1ccccn1)C1CCCCC1. The van der Waals surface area contributed by atoms with Crippen LogP contribution in [0, 0.1) is 0 Å². The first-order valence-corrected chi connectivity index (χ1v) is 7.15. The van der Waals surface area contributed by atoms with E-state index in [1.165, 1.54) is 32.1 Å². The van der Waals surface area contributed by atoms with Crippen LogP contribution in [-0.2, 0) is 6.42 Å². The van der Waals surface area contributed by atoms with E-state index in [9.17, 15) is 5.11 Å². The third-order valence-corrected chi connectivity index (χ3v) is 3.86. The average Bonchev–Trinajstić information content (AvgIpc) is 2.45. The summed E-state index contributed by atoms with van der Waals surface area (Å²) in [6.07, 6.45) is 9.49. The van der Waals surface area contributed by atoms with E-state index < -0.39 is 0 Å². The lowest BCUT2D eigenvalue weighted by atomic mass is 9.94. The predicted molar refractivity (Wildman–Crippen MR) is 73.5 cm³/mol.